The van der Waals surface area contributed by atoms with Gasteiger partial charge in [0.1, 0.15) is 91.6 Å². The zero-order valence-corrected chi connectivity index (χ0v) is 42.2. The van der Waals surface area contributed by atoms with Crippen LogP contribution in [-0.2, 0) is 42.6 Å². The minimum atomic E-state index is -1.74. The highest BCUT2D eigenvalue weighted by molar-refractivity contribution is 5.30. The van der Waals surface area contributed by atoms with Gasteiger partial charge in [0.2, 0.25) is 0 Å². The zero-order valence-electron chi connectivity index (χ0n) is 42.2. The lowest BCUT2D eigenvalue weighted by Crippen LogP contribution is -2.66. The Morgan fingerprint density at radius 2 is 1.25 bits per heavy atom. The van der Waals surface area contributed by atoms with Gasteiger partial charge in [-0.05, 0) is 112 Å². The summed E-state index contributed by atoms with van der Waals surface area (Å²) in [7, 11) is 0. The maximum absolute atomic E-state index is 12.0. The van der Waals surface area contributed by atoms with Crippen molar-refractivity contribution in [2.75, 3.05) is 19.8 Å². The van der Waals surface area contributed by atoms with Gasteiger partial charge in [0.05, 0.1) is 43.9 Å². The van der Waals surface area contributed by atoms with Crippen LogP contribution in [0.1, 0.15) is 99.3 Å². The monoisotopic (exact) mass is 1030 g/mol. The Kier molecular flexibility index (Phi) is 16.7. The number of aliphatic hydroxyl groups is 12. The van der Waals surface area contributed by atoms with Crippen LogP contribution in [-0.4, -0.2) is 216 Å². The summed E-state index contributed by atoms with van der Waals surface area (Å²) in [5, 5.41) is 126. The van der Waals surface area contributed by atoms with Gasteiger partial charge in [0.15, 0.2) is 25.2 Å². The maximum atomic E-state index is 12.0. The molecule has 4 aliphatic carbocycles. The third-order valence-electron chi connectivity index (χ3n) is 18.8. The molecular formula is C51H82O21. The molecule has 5 heterocycles. The molecule has 0 bridgehead atoms. The van der Waals surface area contributed by atoms with E-state index in [0.29, 0.717) is 36.5 Å². The molecule has 3 saturated carbocycles. The molecule has 0 aromatic heterocycles. The topological polar surface area (TPSA) is 326 Å². The Balaban J connectivity index is 0.849. The molecule has 7 fully saturated rings. The standard InChI is InChI=1S/C51H82O21/c1-20(19-64-46-40(60)39(59)36(56)31(17-52)69-46)7-10-29-21(2)33-30(68-29)16-28-26-9-8-24-15-25(11-13-50(24,5)27(26)12-14-51(28,33)6)67-49-45(72-48-42(62)38(58)35(55)23(4)66-48)43(63)44(32(18-53)70-49)71-47-41(61)37(57)34(54)22(3)65-47/h8,20,22-23,25-28,30-49,52-63H,7,9-19H2,1-6H3/t20-,22-,23-,25-,26+,27-,28-,30-,31+,32+,33-,34-,35-,36+,37+,38+,39-,40+,41+,42+,43-,44+,45+,46+,47+,48+,49+,50-,51-/m0/s1. The molecule has 0 unspecified atom stereocenters. The van der Waals surface area contributed by atoms with Crippen LogP contribution in [0.2, 0.25) is 0 Å². The van der Waals surface area contributed by atoms with Crippen LogP contribution >= 0.6 is 0 Å². The fraction of sp³-hybridized carbons (Fsp3) is 0.922. The quantitative estimate of drug-likeness (QED) is 0.0926. The Morgan fingerprint density at radius 1 is 0.653 bits per heavy atom. The van der Waals surface area contributed by atoms with Crippen LogP contribution in [0.25, 0.3) is 0 Å². The van der Waals surface area contributed by atoms with Crippen molar-refractivity contribution >= 4 is 0 Å². The number of aliphatic hydroxyl groups excluding tert-OH is 12. The minimum Gasteiger partial charge on any atom is -0.494 e. The fourth-order valence-electron chi connectivity index (χ4n) is 14.5. The van der Waals surface area contributed by atoms with Gasteiger partial charge in [0.25, 0.3) is 0 Å². The number of fused-ring (bicyclic) bond motifs is 7. The van der Waals surface area contributed by atoms with Crippen molar-refractivity contribution in [3.8, 4) is 0 Å². The van der Waals surface area contributed by atoms with Crippen molar-refractivity contribution in [2.24, 2.45) is 40.4 Å². The smallest absolute Gasteiger partial charge is 0.187 e. The van der Waals surface area contributed by atoms with Crippen LogP contribution in [0.4, 0.5) is 0 Å². The molecule has 5 aliphatic heterocycles. The summed E-state index contributed by atoms with van der Waals surface area (Å²) in [5.74, 6) is 2.80. The molecule has 9 rings (SSSR count). The molecule has 4 saturated heterocycles. The summed E-state index contributed by atoms with van der Waals surface area (Å²) in [5.41, 5.74) is 2.59. The Morgan fingerprint density at radius 3 is 1.89 bits per heavy atom. The summed E-state index contributed by atoms with van der Waals surface area (Å²) in [4.78, 5) is 0. The van der Waals surface area contributed by atoms with Gasteiger partial charge < -0.3 is 104 Å². The minimum absolute atomic E-state index is 0.0680. The van der Waals surface area contributed by atoms with E-state index in [0.717, 1.165) is 50.7 Å². The normalized spacial score (nSPS) is 52.9. The van der Waals surface area contributed by atoms with Crippen LogP contribution in [0, 0.1) is 40.4 Å². The molecule has 0 aromatic rings. The molecule has 0 radical (unpaired) electrons. The summed E-state index contributed by atoms with van der Waals surface area (Å²) in [6, 6.07) is 0. The summed E-state index contributed by atoms with van der Waals surface area (Å²) < 4.78 is 54.8. The lowest BCUT2D eigenvalue weighted by molar-refractivity contribution is -0.388. The van der Waals surface area contributed by atoms with Crippen LogP contribution in [0.15, 0.2) is 23.0 Å². The first kappa shape index (κ1) is 55.2. The second-order valence-electron chi connectivity index (χ2n) is 23.2. The van der Waals surface area contributed by atoms with Crippen molar-refractivity contribution < 1.29 is 104 Å². The van der Waals surface area contributed by atoms with Crippen molar-refractivity contribution in [3.63, 3.8) is 0 Å². The summed E-state index contributed by atoms with van der Waals surface area (Å²) in [6.45, 7) is 11.1. The number of allylic oxidation sites excluding steroid dienone is 2. The van der Waals surface area contributed by atoms with E-state index in [2.05, 4.69) is 26.8 Å². The second-order valence-corrected chi connectivity index (χ2v) is 23.2. The van der Waals surface area contributed by atoms with E-state index >= 15 is 0 Å². The van der Waals surface area contributed by atoms with Crippen LogP contribution in [0.3, 0.4) is 0 Å². The van der Waals surface area contributed by atoms with Gasteiger partial charge in [-0.15, -0.1) is 0 Å². The Hall–Kier alpha value is -1.52. The van der Waals surface area contributed by atoms with E-state index < -0.39 is 142 Å². The molecular weight excluding hydrogens is 949 g/mol. The van der Waals surface area contributed by atoms with E-state index in [1.807, 2.05) is 6.92 Å². The molecule has 12 N–H and O–H groups in total. The molecule has 21 heteroatoms. The molecule has 72 heavy (non-hydrogen) atoms. The van der Waals surface area contributed by atoms with Gasteiger partial charge in [-0.3, -0.25) is 0 Å². The van der Waals surface area contributed by atoms with E-state index in [9.17, 15) is 61.3 Å². The predicted octanol–water partition coefficient (Wildman–Crippen LogP) is -1.03. The molecule has 9 aliphatic rings. The highest BCUT2D eigenvalue weighted by Gasteiger charge is 2.64. The highest BCUT2D eigenvalue weighted by Crippen LogP contribution is 2.69. The van der Waals surface area contributed by atoms with Crippen LogP contribution in [0.5, 0.6) is 0 Å². The van der Waals surface area contributed by atoms with Crippen molar-refractivity contribution in [1.29, 1.82) is 0 Å². The van der Waals surface area contributed by atoms with Gasteiger partial charge in [-0.25, -0.2) is 0 Å². The summed E-state index contributed by atoms with van der Waals surface area (Å²) in [6.07, 6.45) is -18.8. The zero-order chi connectivity index (χ0) is 51.9. The van der Waals surface area contributed by atoms with Gasteiger partial charge in [-0.1, -0.05) is 32.4 Å². The largest absolute Gasteiger partial charge is 0.494 e. The third-order valence-corrected chi connectivity index (χ3v) is 18.8. The molecule has 29 atom stereocenters. The molecule has 0 aromatic carbocycles. The first-order valence-electron chi connectivity index (χ1n) is 26.4. The second kappa shape index (κ2) is 21.7. The van der Waals surface area contributed by atoms with Gasteiger partial charge >= 0.3 is 0 Å². The van der Waals surface area contributed by atoms with E-state index in [4.69, 9.17) is 42.6 Å². The maximum Gasteiger partial charge on any atom is 0.187 e. The fourth-order valence-corrected chi connectivity index (χ4v) is 14.5. The number of ether oxygens (including phenoxy) is 9. The van der Waals surface area contributed by atoms with Crippen molar-refractivity contribution in [1.82, 2.24) is 0 Å². The van der Waals surface area contributed by atoms with Crippen molar-refractivity contribution in [3.05, 3.63) is 23.0 Å². The molecule has 0 amide bonds. The number of hydrogen-bond donors (Lipinski definition) is 12. The van der Waals surface area contributed by atoms with E-state index in [1.54, 1.807) is 0 Å². The number of rotatable bonds is 14. The van der Waals surface area contributed by atoms with E-state index in [-0.39, 0.29) is 29.5 Å². The lowest BCUT2D eigenvalue weighted by Gasteiger charge is -2.58. The summed E-state index contributed by atoms with van der Waals surface area (Å²) >= 11 is 0. The third kappa shape index (κ3) is 9.90. The molecule has 0 spiro atoms. The molecule has 21 nitrogen and oxygen atoms in total. The first-order valence-corrected chi connectivity index (χ1v) is 26.4. The van der Waals surface area contributed by atoms with Gasteiger partial charge in [-0.2, -0.15) is 0 Å². The first-order chi connectivity index (χ1) is 34.1. The van der Waals surface area contributed by atoms with Crippen LogP contribution < -0.4 is 0 Å². The highest BCUT2D eigenvalue weighted by atomic mass is 16.8. The number of hydrogen-bond acceptors (Lipinski definition) is 21. The Labute approximate surface area is 420 Å². The predicted molar refractivity (Wildman–Crippen MR) is 247 cm³/mol. The SMILES string of the molecule is CC1=C(CC[C@H](C)CO[C@@H]2O[C@H](CO)[C@@H](O)[C@H](O)[C@H]2O)O[C@H]2C[C@H]3[C@@H]4CC=C5C[C@@H](O[C@@H]6O[C@H](CO)[C@@H](O[C@H]7O[C@@H](C)[C@H](O)[C@@H](O)[C@H]7O)[C@H](O)[C@H]6O[C@H]6O[C@@H](C)[C@H](O)[C@@H](O)[C@H]6O)CC[C@]5(C)[C@H]4CC[C@]3(C)[C@@H]12. The average molecular weight is 1030 g/mol. The molecule has 412 valence electrons. The van der Waals surface area contributed by atoms with Crippen molar-refractivity contribution in [2.45, 2.75) is 234 Å². The van der Waals surface area contributed by atoms with Gasteiger partial charge in [0, 0.05) is 12.3 Å². The Bertz CT molecular complexity index is 1920. The lowest BCUT2D eigenvalue weighted by atomic mass is 9.47. The van der Waals surface area contributed by atoms with E-state index in [1.165, 1.54) is 25.0 Å². The average Bonchev–Trinajstić information content (AvgIpc) is 3.85.